The Morgan fingerprint density at radius 1 is 1.65 bits per heavy atom. The number of aliphatic imine (C=N–C) groups is 1. The third-order valence-electron chi connectivity index (χ3n) is 3.90. The number of rotatable bonds is 5. The number of hydrogen-bond donors (Lipinski definition) is 0. The molecule has 2 rings (SSSR count). The quantitative estimate of drug-likeness (QED) is 0.155. The molecule has 0 aromatic carbocycles. The van der Waals surface area contributed by atoms with Crippen LogP contribution in [0.25, 0.3) is 0 Å². The van der Waals surface area contributed by atoms with E-state index in [1.165, 1.54) is 26.5 Å². The topological polar surface area (TPSA) is 68.2 Å². The summed E-state index contributed by atoms with van der Waals surface area (Å²) in [6, 6.07) is -0.839. The van der Waals surface area contributed by atoms with Gasteiger partial charge >= 0.3 is 163 Å². The molecule has 2 atom stereocenters. The fraction of sp³-hybridized carbons (Fsp3) is 0.412. The van der Waals surface area contributed by atoms with Crippen molar-refractivity contribution >= 4 is 33.3 Å². The van der Waals surface area contributed by atoms with Gasteiger partial charge in [-0.05, 0) is 0 Å². The van der Waals surface area contributed by atoms with E-state index in [1.807, 2.05) is 6.42 Å². The van der Waals surface area contributed by atoms with Crippen molar-refractivity contribution in [2.75, 3.05) is 20.3 Å². The van der Waals surface area contributed by atoms with Crippen LogP contribution in [0.3, 0.4) is 0 Å². The molecule has 2 unspecified atom stereocenters. The molecule has 0 spiro atoms. The Morgan fingerprint density at radius 2 is 2.38 bits per heavy atom. The fourth-order valence-electron chi connectivity index (χ4n) is 2.64. The molecule has 1 saturated heterocycles. The van der Waals surface area contributed by atoms with E-state index in [1.54, 1.807) is 6.08 Å². The molecule has 0 aromatic rings. The number of amides is 2. The zero-order valence-electron chi connectivity index (χ0n) is 14.2. The first-order valence-corrected chi connectivity index (χ1v) is 9.48. The van der Waals surface area contributed by atoms with E-state index in [4.69, 9.17) is 28.3 Å². The summed E-state index contributed by atoms with van der Waals surface area (Å²) in [4.78, 5) is 29.7. The summed E-state index contributed by atoms with van der Waals surface area (Å²) in [5, 5.41) is 2.29. The van der Waals surface area contributed by atoms with Crippen molar-refractivity contribution in [3.8, 4) is 0 Å². The van der Waals surface area contributed by atoms with Crippen molar-refractivity contribution in [3.05, 3.63) is 36.8 Å². The van der Waals surface area contributed by atoms with Gasteiger partial charge in [0.2, 0.25) is 0 Å². The van der Waals surface area contributed by atoms with Crippen LogP contribution >= 0.6 is 12.2 Å². The summed E-state index contributed by atoms with van der Waals surface area (Å²) in [7, 11) is 1.50. The number of nitrogens with zero attached hydrogens (tertiary/aromatic N) is 2. The van der Waals surface area contributed by atoms with Gasteiger partial charge in [-0.1, -0.05) is 0 Å². The molecule has 137 valence electrons. The molecule has 1 aliphatic heterocycles. The zero-order valence-corrected chi connectivity index (χ0v) is 20.8. The number of carbonyl (C=O) groups excluding carboxylic acids is 2. The maximum absolute atomic E-state index is 12.8. The number of isothiocyanates is 1. The van der Waals surface area contributed by atoms with Crippen LogP contribution in [0.1, 0.15) is 12.8 Å². The van der Waals surface area contributed by atoms with Gasteiger partial charge in [-0.15, -0.1) is 0 Å². The average molecular weight is 618 g/mol. The summed E-state index contributed by atoms with van der Waals surface area (Å²) in [6.45, 7) is 6.19. The molecule has 9 heteroatoms. The Bertz CT molecular complexity index is 676. The Labute approximate surface area is 194 Å². The summed E-state index contributed by atoms with van der Waals surface area (Å²) in [5.41, 5.74) is 0.981. The van der Waals surface area contributed by atoms with Crippen molar-refractivity contribution < 1.29 is 71.1 Å². The van der Waals surface area contributed by atoms with Gasteiger partial charge in [-0.2, -0.15) is 0 Å². The third-order valence-corrected chi connectivity index (χ3v) is 5.93. The van der Waals surface area contributed by atoms with Gasteiger partial charge < -0.3 is 0 Å². The van der Waals surface area contributed by atoms with Crippen LogP contribution in [0.4, 0.5) is 4.79 Å². The number of ether oxygens (including phenoxy) is 2. The van der Waals surface area contributed by atoms with Crippen molar-refractivity contribution in [2.24, 2.45) is 10.9 Å². The number of carbonyl (C=O) groups is 2. The first-order valence-electron chi connectivity index (χ1n) is 7.61. The monoisotopic (exact) mass is 618 g/mol. The minimum Gasteiger partial charge on any atom is 0 e. The van der Waals surface area contributed by atoms with E-state index in [0.29, 0.717) is 18.6 Å². The van der Waals surface area contributed by atoms with E-state index in [9.17, 15) is 9.59 Å². The van der Waals surface area contributed by atoms with Crippen molar-refractivity contribution in [2.45, 2.75) is 18.9 Å². The van der Waals surface area contributed by atoms with Crippen LogP contribution in [0.5, 0.6) is 0 Å². The van der Waals surface area contributed by atoms with E-state index in [-0.39, 0.29) is 51.8 Å². The SMILES string of the molecule is [CH-]=C(/C=C1/C[CH-]C[CH-]C(C(N=C=S)C(=O)N2CCOC2=O)[C]1=[W])OC.[Y]. The first kappa shape index (κ1) is 23.7. The first-order chi connectivity index (χ1) is 12.0. The molecule has 2 aliphatic rings. The minimum atomic E-state index is -0.839. The van der Waals surface area contributed by atoms with Crippen LogP contribution in [-0.2, 0) is 66.3 Å². The van der Waals surface area contributed by atoms with Crippen LogP contribution < -0.4 is 0 Å². The molecule has 2 amide bonds. The van der Waals surface area contributed by atoms with E-state index in [2.05, 4.69) is 16.6 Å². The fourth-order valence-corrected chi connectivity index (χ4v) is 4.07. The normalized spacial score (nSPS) is 22.6. The standard InChI is InChI=1S/C17H17N2O4S.W.Y/c1-12(22-2)9-13-5-3-4-6-14(10-13)15(18-11-24)16(20)19-7-8-23-17(19)21;;/h1,3,6,9,14-15H,4-5,7-8H2,2H3;;/q-3;;/b13-9-;;. The largest absolute Gasteiger partial charge is 0 e. The Kier molecular flexibility index (Phi) is 10.5. The Hall–Kier alpha value is -0.318. The van der Waals surface area contributed by atoms with Gasteiger partial charge in [-0.25, -0.2) is 0 Å². The maximum Gasteiger partial charge on any atom is 0 e. The van der Waals surface area contributed by atoms with Crippen molar-refractivity contribution in [1.82, 2.24) is 4.90 Å². The number of hydrogen-bond acceptors (Lipinski definition) is 6. The number of imide groups is 1. The molecule has 0 aromatic heterocycles. The molecule has 0 bridgehead atoms. The van der Waals surface area contributed by atoms with Crippen molar-refractivity contribution in [1.29, 1.82) is 0 Å². The second-order valence-corrected chi connectivity index (χ2v) is 7.16. The molecule has 26 heavy (non-hydrogen) atoms. The van der Waals surface area contributed by atoms with Crippen LogP contribution in [-0.4, -0.2) is 52.3 Å². The van der Waals surface area contributed by atoms with Gasteiger partial charge in [0.1, 0.15) is 0 Å². The third kappa shape index (κ3) is 5.84. The van der Waals surface area contributed by atoms with Crippen LogP contribution in [0.15, 0.2) is 22.4 Å². The van der Waals surface area contributed by atoms with Gasteiger partial charge in [-0.3, -0.25) is 0 Å². The van der Waals surface area contributed by atoms with Gasteiger partial charge in [0.15, 0.2) is 0 Å². The number of methoxy groups -OCH3 is 1. The summed E-state index contributed by atoms with van der Waals surface area (Å²) >= 11 is 5.91. The van der Waals surface area contributed by atoms with Gasteiger partial charge in [0.05, 0.1) is 0 Å². The molecule has 1 heterocycles. The van der Waals surface area contributed by atoms with E-state index < -0.39 is 18.0 Å². The predicted molar refractivity (Wildman–Crippen MR) is 91.1 cm³/mol. The summed E-state index contributed by atoms with van der Waals surface area (Å²) < 4.78 is 10.9. The van der Waals surface area contributed by atoms with Crippen molar-refractivity contribution in [3.63, 3.8) is 0 Å². The Morgan fingerprint density at radius 3 is 2.96 bits per heavy atom. The van der Waals surface area contributed by atoms with E-state index >= 15 is 0 Å². The number of cyclic esters (lactones) is 1. The van der Waals surface area contributed by atoms with Crippen LogP contribution in [0, 0.1) is 25.3 Å². The molecular formula is C17H17N2O4SWY-3. The smallest absolute Gasteiger partial charge is 0 e. The van der Waals surface area contributed by atoms with Crippen LogP contribution in [0.2, 0.25) is 0 Å². The second kappa shape index (κ2) is 11.5. The maximum atomic E-state index is 12.8. The summed E-state index contributed by atoms with van der Waals surface area (Å²) in [5.74, 6) is -0.419. The number of thiocarbonyl (C=S) groups is 1. The molecule has 1 radical (unpaired) electrons. The molecule has 6 nitrogen and oxygen atoms in total. The van der Waals surface area contributed by atoms with E-state index in [0.717, 1.165) is 14.4 Å². The zero-order chi connectivity index (χ0) is 18.4. The van der Waals surface area contributed by atoms with Gasteiger partial charge in [0.25, 0.3) is 0 Å². The molecule has 1 saturated carbocycles. The predicted octanol–water partition coefficient (Wildman–Crippen LogP) is 1.86. The second-order valence-electron chi connectivity index (χ2n) is 5.40. The minimum absolute atomic E-state index is 0. The molecule has 0 N–H and O–H groups in total. The number of allylic oxidation sites excluding steroid dienone is 2. The molecule has 1 aliphatic carbocycles. The average Bonchev–Trinajstić information content (AvgIpc) is 2.95. The molecule has 2 fully saturated rings. The molecular weight excluding hydrogens is 601 g/mol. The van der Waals surface area contributed by atoms with Gasteiger partial charge in [0, 0.05) is 32.7 Å². The Balaban J connectivity index is 0.00000338. The summed E-state index contributed by atoms with van der Waals surface area (Å²) in [6.07, 6.45) is 6.62.